The fourth-order valence-electron chi connectivity index (χ4n) is 4.06. The zero-order chi connectivity index (χ0) is 19.2. The number of benzene rings is 3. The number of para-hydroxylation sites is 1. The van der Waals surface area contributed by atoms with Crippen LogP contribution in [0.2, 0.25) is 0 Å². The molecule has 0 spiro atoms. The van der Waals surface area contributed by atoms with Crippen molar-refractivity contribution in [2.24, 2.45) is 0 Å². The van der Waals surface area contributed by atoms with Crippen molar-refractivity contribution in [1.29, 1.82) is 0 Å². The molecule has 1 heterocycles. The van der Waals surface area contributed by atoms with E-state index in [1.54, 1.807) is 7.11 Å². The van der Waals surface area contributed by atoms with Gasteiger partial charge in [0.2, 0.25) is 0 Å². The van der Waals surface area contributed by atoms with Gasteiger partial charge in [-0.2, -0.15) is 0 Å². The molecule has 1 aliphatic heterocycles. The molecule has 2 unspecified atom stereocenters. The molecule has 3 aromatic carbocycles. The smallest absolute Gasteiger partial charge is 0.123 e. The summed E-state index contributed by atoms with van der Waals surface area (Å²) in [6.45, 7) is 1.88. The van der Waals surface area contributed by atoms with Crippen LogP contribution >= 0.6 is 0 Å². The Bertz CT molecular complexity index is 877. The standard InChI is InChI=1S/C25H28N2O/c1-28-24-12-6-5-10-22(24)18-27-23-11-7-17-26-25(23)21-15-13-20(14-16-21)19-8-3-2-4-9-19/h2-6,8-10,12-16,23,25-27H,7,11,17-18H2,1H3. The number of hydrogen-bond acceptors (Lipinski definition) is 3. The first-order valence-corrected chi connectivity index (χ1v) is 10.1. The second-order valence-electron chi connectivity index (χ2n) is 7.36. The maximum absolute atomic E-state index is 5.50. The van der Waals surface area contributed by atoms with Gasteiger partial charge in [0.1, 0.15) is 5.75 Å². The molecule has 144 valence electrons. The summed E-state index contributed by atoms with van der Waals surface area (Å²) in [5.74, 6) is 0.947. The van der Waals surface area contributed by atoms with Gasteiger partial charge < -0.3 is 15.4 Å². The zero-order valence-electron chi connectivity index (χ0n) is 16.4. The van der Waals surface area contributed by atoms with Gasteiger partial charge >= 0.3 is 0 Å². The van der Waals surface area contributed by atoms with Crippen LogP contribution in [0.25, 0.3) is 11.1 Å². The Balaban J connectivity index is 1.47. The van der Waals surface area contributed by atoms with E-state index in [9.17, 15) is 0 Å². The number of methoxy groups -OCH3 is 1. The third-order valence-corrected chi connectivity index (χ3v) is 5.58. The average Bonchev–Trinajstić information content (AvgIpc) is 2.79. The van der Waals surface area contributed by atoms with Gasteiger partial charge in [-0.1, -0.05) is 72.8 Å². The lowest BCUT2D eigenvalue weighted by atomic mass is 9.91. The lowest BCUT2D eigenvalue weighted by molar-refractivity contribution is 0.303. The fraction of sp³-hybridized carbons (Fsp3) is 0.280. The Labute approximate surface area is 167 Å². The summed E-state index contributed by atoms with van der Waals surface area (Å²) in [5, 5.41) is 7.48. The van der Waals surface area contributed by atoms with Crippen LogP contribution < -0.4 is 15.4 Å². The van der Waals surface area contributed by atoms with Crippen molar-refractivity contribution in [1.82, 2.24) is 10.6 Å². The molecule has 0 amide bonds. The van der Waals surface area contributed by atoms with Crippen molar-refractivity contribution < 1.29 is 4.74 Å². The molecule has 2 N–H and O–H groups in total. The highest BCUT2D eigenvalue weighted by atomic mass is 16.5. The van der Waals surface area contributed by atoms with E-state index in [0.29, 0.717) is 12.1 Å². The first kappa shape index (κ1) is 18.7. The van der Waals surface area contributed by atoms with Gasteiger partial charge in [-0.25, -0.2) is 0 Å². The highest BCUT2D eigenvalue weighted by Gasteiger charge is 2.25. The Hall–Kier alpha value is -2.62. The van der Waals surface area contributed by atoms with Crippen molar-refractivity contribution in [3.05, 3.63) is 90.0 Å². The molecule has 1 saturated heterocycles. The summed E-state index contributed by atoms with van der Waals surface area (Å²) >= 11 is 0. The number of ether oxygens (including phenoxy) is 1. The Morgan fingerprint density at radius 1 is 0.893 bits per heavy atom. The summed E-state index contributed by atoms with van der Waals surface area (Å²) in [5.41, 5.74) is 5.07. The summed E-state index contributed by atoms with van der Waals surface area (Å²) in [4.78, 5) is 0. The van der Waals surface area contributed by atoms with Crippen molar-refractivity contribution in [2.75, 3.05) is 13.7 Å². The first-order chi connectivity index (χ1) is 13.8. The summed E-state index contributed by atoms with van der Waals surface area (Å²) in [6, 6.07) is 28.5. The summed E-state index contributed by atoms with van der Waals surface area (Å²) < 4.78 is 5.50. The summed E-state index contributed by atoms with van der Waals surface area (Å²) in [7, 11) is 1.73. The molecule has 0 saturated carbocycles. The Morgan fingerprint density at radius 3 is 2.39 bits per heavy atom. The van der Waals surface area contributed by atoms with Gasteiger partial charge in [-0.3, -0.25) is 0 Å². The minimum Gasteiger partial charge on any atom is -0.496 e. The molecule has 4 rings (SSSR count). The normalized spacial score (nSPS) is 19.3. The topological polar surface area (TPSA) is 33.3 Å². The van der Waals surface area contributed by atoms with E-state index in [2.05, 4.69) is 77.4 Å². The Kier molecular flexibility index (Phi) is 6.05. The number of piperidine rings is 1. The van der Waals surface area contributed by atoms with E-state index in [-0.39, 0.29) is 0 Å². The van der Waals surface area contributed by atoms with E-state index < -0.39 is 0 Å². The van der Waals surface area contributed by atoms with Gasteiger partial charge in [0.05, 0.1) is 7.11 Å². The van der Waals surface area contributed by atoms with Crippen LogP contribution in [0.3, 0.4) is 0 Å². The van der Waals surface area contributed by atoms with Crippen molar-refractivity contribution in [3.8, 4) is 16.9 Å². The fourth-order valence-corrected chi connectivity index (χ4v) is 4.06. The van der Waals surface area contributed by atoms with Crippen LogP contribution in [-0.4, -0.2) is 19.7 Å². The van der Waals surface area contributed by atoms with E-state index in [1.165, 1.54) is 35.1 Å². The highest BCUT2D eigenvalue weighted by Crippen LogP contribution is 2.27. The predicted octanol–water partition coefficient (Wildman–Crippen LogP) is 4.95. The SMILES string of the molecule is COc1ccccc1CNC1CCCNC1c1ccc(-c2ccccc2)cc1. The average molecular weight is 373 g/mol. The van der Waals surface area contributed by atoms with Gasteiger partial charge in [-0.15, -0.1) is 0 Å². The Morgan fingerprint density at radius 2 is 1.61 bits per heavy atom. The molecular formula is C25H28N2O. The van der Waals surface area contributed by atoms with E-state index >= 15 is 0 Å². The zero-order valence-corrected chi connectivity index (χ0v) is 16.4. The number of rotatable bonds is 6. The maximum atomic E-state index is 5.50. The van der Waals surface area contributed by atoms with Crippen molar-refractivity contribution in [3.63, 3.8) is 0 Å². The first-order valence-electron chi connectivity index (χ1n) is 10.1. The van der Waals surface area contributed by atoms with Crippen LogP contribution in [0.15, 0.2) is 78.9 Å². The van der Waals surface area contributed by atoms with Gasteiger partial charge in [-0.05, 0) is 42.1 Å². The highest BCUT2D eigenvalue weighted by molar-refractivity contribution is 5.63. The lowest BCUT2D eigenvalue weighted by Gasteiger charge is -2.34. The van der Waals surface area contributed by atoms with Crippen LogP contribution in [0, 0.1) is 0 Å². The number of hydrogen-bond donors (Lipinski definition) is 2. The third kappa shape index (κ3) is 4.27. The van der Waals surface area contributed by atoms with Crippen LogP contribution in [-0.2, 0) is 6.54 Å². The van der Waals surface area contributed by atoms with Gasteiger partial charge in [0, 0.05) is 24.2 Å². The molecule has 3 heteroatoms. The molecular weight excluding hydrogens is 344 g/mol. The van der Waals surface area contributed by atoms with E-state index in [0.717, 1.165) is 18.8 Å². The minimum atomic E-state index is 0.327. The minimum absolute atomic E-state index is 0.327. The molecule has 0 aromatic heterocycles. The second kappa shape index (κ2) is 9.05. The van der Waals surface area contributed by atoms with E-state index in [4.69, 9.17) is 4.74 Å². The van der Waals surface area contributed by atoms with Gasteiger partial charge in [0.15, 0.2) is 0 Å². The predicted molar refractivity (Wildman–Crippen MR) is 115 cm³/mol. The molecule has 0 bridgehead atoms. The number of nitrogens with one attached hydrogen (secondary N) is 2. The van der Waals surface area contributed by atoms with Gasteiger partial charge in [0.25, 0.3) is 0 Å². The molecule has 1 fully saturated rings. The van der Waals surface area contributed by atoms with Crippen LogP contribution in [0.4, 0.5) is 0 Å². The lowest BCUT2D eigenvalue weighted by Crippen LogP contribution is -2.45. The second-order valence-corrected chi connectivity index (χ2v) is 7.36. The molecule has 3 aromatic rings. The molecule has 0 aliphatic carbocycles. The van der Waals surface area contributed by atoms with E-state index in [1.807, 2.05) is 12.1 Å². The van der Waals surface area contributed by atoms with Crippen molar-refractivity contribution in [2.45, 2.75) is 31.5 Å². The molecule has 1 aliphatic rings. The molecule has 3 nitrogen and oxygen atoms in total. The van der Waals surface area contributed by atoms with Crippen LogP contribution in [0.1, 0.15) is 30.0 Å². The van der Waals surface area contributed by atoms with Crippen molar-refractivity contribution >= 4 is 0 Å². The monoisotopic (exact) mass is 372 g/mol. The maximum Gasteiger partial charge on any atom is 0.123 e. The molecule has 28 heavy (non-hydrogen) atoms. The molecule has 0 radical (unpaired) electrons. The quantitative estimate of drug-likeness (QED) is 0.643. The molecule has 2 atom stereocenters. The van der Waals surface area contributed by atoms with Crippen LogP contribution in [0.5, 0.6) is 5.75 Å². The summed E-state index contributed by atoms with van der Waals surface area (Å²) in [6.07, 6.45) is 2.37. The largest absolute Gasteiger partial charge is 0.496 e. The third-order valence-electron chi connectivity index (χ3n) is 5.58.